The fourth-order valence-electron chi connectivity index (χ4n) is 4.04. The van der Waals surface area contributed by atoms with Gasteiger partial charge in [0.2, 0.25) is 0 Å². The minimum atomic E-state index is -1.09. The third-order valence-electron chi connectivity index (χ3n) is 5.47. The van der Waals surface area contributed by atoms with Crippen LogP contribution in [-0.4, -0.2) is 56.2 Å². The quantitative estimate of drug-likeness (QED) is 0.517. The lowest BCUT2D eigenvalue weighted by Gasteiger charge is -2.33. The van der Waals surface area contributed by atoms with E-state index in [-0.39, 0.29) is 30.9 Å². The van der Waals surface area contributed by atoms with Crippen molar-refractivity contribution in [3.8, 4) is 11.3 Å². The average molecular weight is 441 g/mol. The first-order valence-electron chi connectivity index (χ1n) is 10.3. The zero-order valence-electron chi connectivity index (χ0n) is 17.5. The van der Waals surface area contributed by atoms with Crippen LogP contribution in [0.15, 0.2) is 43.0 Å². The van der Waals surface area contributed by atoms with Crippen LogP contribution < -0.4 is 0 Å². The number of aromatic nitrogens is 4. The molecule has 8 nitrogen and oxygen atoms in total. The minimum Gasteiger partial charge on any atom is -0.466 e. The molecule has 31 heavy (non-hydrogen) atoms. The third-order valence-corrected chi connectivity index (χ3v) is 6.76. The number of esters is 2. The number of thioether (sulfide) groups is 1. The molecule has 0 unspecified atom stereocenters. The summed E-state index contributed by atoms with van der Waals surface area (Å²) >= 11 is 1.61. The van der Waals surface area contributed by atoms with Gasteiger partial charge in [0.15, 0.2) is 11.2 Å². The summed E-state index contributed by atoms with van der Waals surface area (Å²) in [7, 11) is 0. The zero-order valence-corrected chi connectivity index (χ0v) is 18.3. The SMILES string of the molecule is CCOC(=O)C[C@@H]1CSC[C@]1(C(=O)OCC)n1cnc2c(-c3ccccc3)ncnc21. The molecule has 1 aliphatic heterocycles. The van der Waals surface area contributed by atoms with Gasteiger partial charge in [0, 0.05) is 17.2 Å². The molecular weight excluding hydrogens is 416 g/mol. The highest BCUT2D eigenvalue weighted by Gasteiger charge is 2.54. The molecule has 2 atom stereocenters. The van der Waals surface area contributed by atoms with Crippen molar-refractivity contribution in [2.24, 2.45) is 5.92 Å². The number of fused-ring (bicyclic) bond motifs is 1. The van der Waals surface area contributed by atoms with Gasteiger partial charge in [0.25, 0.3) is 0 Å². The number of rotatable bonds is 7. The minimum absolute atomic E-state index is 0.121. The van der Waals surface area contributed by atoms with Gasteiger partial charge < -0.3 is 9.47 Å². The number of ether oxygens (including phenoxy) is 2. The molecule has 162 valence electrons. The van der Waals surface area contributed by atoms with Gasteiger partial charge in [-0.2, -0.15) is 11.8 Å². The van der Waals surface area contributed by atoms with E-state index >= 15 is 0 Å². The fraction of sp³-hybridized carbons (Fsp3) is 0.409. The Morgan fingerprint density at radius 3 is 2.65 bits per heavy atom. The van der Waals surface area contributed by atoms with Crippen LogP contribution in [0.1, 0.15) is 20.3 Å². The molecule has 3 aromatic rings. The third kappa shape index (κ3) is 3.78. The maximum absolute atomic E-state index is 13.3. The lowest BCUT2D eigenvalue weighted by Crippen LogP contribution is -2.49. The average Bonchev–Trinajstić information content (AvgIpc) is 3.39. The van der Waals surface area contributed by atoms with E-state index in [2.05, 4.69) is 15.0 Å². The molecule has 1 fully saturated rings. The highest BCUT2D eigenvalue weighted by molar-refractivity contribution is 7.99. The Morgan fingerprint density at radius 1 is 1.13 bits per heavy atom. The highest BCUT2D eigenvalue weighted by Crippen LogP contribution is 2.44. The van der Waals surface area contributed by atoms with Gasteiger partial charge in [-0.15, -0.1) is 0 Å². The van der Waals surface area contributed by atoms with Crippen LogP contribution in [0.2, 0.25) is 0 Å². The van der Waals surface area contributed by atoms with Crippen molar-refractivity contribution in [3.63, 3.8) is 0 Å². The van der Waals surface area contributed by atoms with Crippen molar-refractivity contribution in [3.05, 3.63) is 43.0 Å². The van der Waals surface area contributed by atoms with Crippen molar-refractivity contribution in [1.82, 2.24) is 19.5 Å². The van der Waals surface area contributed by atoms with E-state index in [1.807, 2.05) is 30.3 Å². The zero-order chi connectivity index (χ0) is 21.8. The highest BCUT2D eigenvalue weighted by atomic mass is 32.2. The van der Waals surface area contributed by atoms with Crippen LogP contribution in [0.25, 0.3) is 22.4 Å². The number of carbonyl (C=O) groups excluding carboxylic acids is 2. The molecule has 1 aromatic carbocycles. The Kier molecular flexibility index (Phi) is 6.22. The van der Waals surface area contributed by atoms with Crippen molar-refractivity contribution in [2.75, 3.05) is 24.7 Å². The molecule has 9 heteroatoms. The summed E-state index contributed by atoms with van der Waals surface area (Å²) < 4.78 is 12.4. The number of hydrogen-bond acceptors (Lipinski definition) is 8. The summed E-state index contributed by atoms with van der Waals surface area (Å²) in [4.78, 5) is 39.1. The second-order valence-corrected chi connectivity index (χ2v) is 8.27. The first-order valence-corrected chi connectivity index (χ1v) is 11.4. The van der Waals surface area contributed by atoms with Crippen LogP contribution in [0.4, 0.5) is 0 Å². The lowest BCUT2D eigenvalue weighted by atomic mass is 9.84. The van der Waals surface area contributed by atoms with E-state index in [1.54, 1.807) is 36.5 Å². The van der Waals surface area contributed by atoms with Gasteiger partial charge in [0.05, 0.1) is 26.0 Å². The number of benzene rings is 1. The molecule has 0 N–H and O–H groups in total. The van der Waals surface area contributed by atoms with E-state index in [0.29, 0.717) is 35.0 Å². The van der Waals surface area contributed by atoms with E-state index in [4.69, 9.17) is 9.47 Å². The van der Waals surface area contributed by atoms with E-state index < -0.39 is 5.54 Å². The normalized spacial score (nSPS) is 20.6. The van der Waals surface area contributed by atoms with Gasteiger partial charge in [-0.05, 0) is 19.6 Å². The molecular formula is C22H24N4O4S. The van der Waals surface area contributed by atoms with Crippen LogP contribution in [0.5, 0.6) is 0 Å². The van der Waals surface area contributed by atoms with Crippen molar-refractivity contribution in [2.45, 2.75) is 25.8 Å². The summed E-state index contributed by atoms with van der Waals surface area (Å²) in [6, 6.07) is 9.71. The summed E-state index contributed by atoms with van der Waals surface area (Å²) in [5.74, 6) is 0.0873. The van der Waals surface area contributed by atoms with E-state index in [9.17, 15) is 9.59 Å². The predicted octanol–water partition coefficient (Wildman–Crippen LogP) is 3.07. The van der Waals surface area contributed by atoms with E-state index in [0.717, 1.165) is 5.56 Å². The maximum Gasteiger partial charge on any atom is 0.333 e. The number of carbonyl (C=O) groups is 2. The number of hydrogen-bond donors (Lipinski definition) is 0. The summed E-state index contributed by atoms with van der Waals surface area (Å²) in [5.41, 5.74) is 1.65. The Hall–Kier alpha value is -2.94. The Labute approximate surface area is 184 Å². The van der Waals surface area contributed by atoms with Gasteiger partial charge in [-0.25, -0.2) is 19.7 Å². The van der Waals surface area contributed by atoms with Gasteiger partial charge in [-0.3, -0.25) is 9.36 Å². The smallest absolute Gasteiger partial charge is 0.333 e. The second-order valence-electron chi connectivity index (χ2n) is 7.24. The first kappa shape index (κ1) is 21.3. The molecule has 0 spiro atoms. The lowest BCUT2D eigenvalue weighted by molar-refractivity contribution is -0.156. The molecule has 2 aromatic heterocycles. The van der Waals surface area contributed by atoms with Crippen molar-refractivity contribution < 1.29 is 19.1 Å². The summed E-state index contributed by atoms with van der Waals surface area (Å²) in [6.07, 6.45) is 3.22. The molecule has 0 radical (unpaired) electrons. The molecule has 0 bridgehead atoms. The molecule has 4 rings (SSSR count). The molecule has 0 amide bonds. The van der Waals surface area contributed by atoms with Crippen LogP contribution in [0.3, 0.4) is 0 Å². The van der Waals surface area contributed by atoms with Gasteiger partial charge >= 0.3 is 11.9 Å². The first-order chi connectivity index (χ1) is 15.1. The topological polar surface area (TPSA) is 96.2 Å². The predicted molar refractivity (Wildman–Crippen MR) is 117 cm³/mol. The molecule has 1 aliphatic rings. The molecule has 1 saturated heterocycles. The number of imidazole rings is 1. The Bertz CT molecular complexity index is 1090. The van der Waals surface area contributed by atoms with Crippen LogP contribution in [0, 0.1) is 5.92 Å². The Morgan fingerprint density at radius 2 is 1.90 bits per heavy atom. The van der Waals surface area contributed by atoms with E-state index in [1.165, 1.54) is 6.33 Å². The fourth-order valence-corrected chi connectivity index (χ4v) is 5.64. The standard InChI is InChI=1S/C22H24N4O4S/c1-3-29-17(27)10-16-11-31-12-22(16,21(28)30-4-2)26-14-25-19-18(23-13-24-20(19)26)15-8-6-5-7-9-15/h5-9,13-14,16H,3-4,10-12H2,1-2H3/t16-,22+/m1/s1. The van der Waals surface area contributed by atoms with Crippen molar-refractivity contribution >= 4 is 34.9 Å². The van der Waals surface area contributed by atoms with Crippen molar-refractivity contribution in [1.29, 1.82) is 0 Å². The molecule has 0 saturated carbocycles. The van der Waals surface area contributed by atoms with Gasteiger partial charge in [-0.1, -0.05) is 30.3 Å². The Balaban J connectivity index is 1.85. The molecule has 0 aliphatic carbocycles. The summed E-state index contributed by atoms with van der Waals surface area (Å²) in [6.45, 7) is 4.09. The second kappa shape index (κ2) is 9.05. The largest absolute Gasteiger partial charge is 0.466 e. The number of nitrogens with zero attached hydrogens (tertiary/aromatic N) is 4. The van der Waals surface area contributed by atoms with Crippen LogP contribution in [-0.2, 0) is 24.6 Å². The molecule has 3 heterocycles. The summed E-state index contributed by atoms with van der Waals surface area (Å²) in [5, 5.41) is 0. The van der Waals surface area contributed by atoms with Crippen LogP contribution >= 0.6 is 11.8 Å². The van der Waals surface area contributed by atoms with Gasteiger partial charge in [0.1, 0.15) is 17.5 Å². The maximum atomic E-state index is 13.3. The monoisotopic (exact) mass is 440 g/mol.